The number of fused-ring (bicyclic) bond motifs is 5. The number of hydrogen-bond acceptors (Lipinski definition) is 0. The van der Waals surface area contributed by atoms with Crippen molar-refractivity contribution in [2.75, 3.05) is 0 Å². The quantitative estimate of drug-likeness (QED) is 0.120. The van der Waals surface area contributed by atoms with Crippen LogP contribution in [0.15, 0.2) is 35.5 Å². The summed E-state index contributed by atoms with van der Waals surface area (Å²) in [4.78, 5) is 0. The summed E-state index contributed by atoms with van der Waals surface area (Å²) in [7, 11) is 0. The fourth-order valence-corrected chi connectivity index (χ4v) is 10.7. The Kier molecular flexibility index (Phi) is 10.4. The summed E-state index contributed by atoms with van der Waals surface area (Å²) >= 11 is 0. The van der Waals surface area contributed by atoms with Crippen molar-refractivity contribution in [1.29, 1.82) is 0 Å². The molecule has 4 fully saturated rings. The van der Waals surface area contributed by atoms with E-state index in [9.17, 15) is 0 Å². The van der Waals surface area contributed by atoms with Crippen molar-refractivity contribution in [3.63, 3.8) is 0 Å². The zero-order valence-electron chi connectivity index (χ0n) is 26.8. The first kappa shape index (κ1) is 30.7. The average molecular weight is 531 g/mol. The number of hydrogen-bond donors (Lipinski definition) is 0. The first-order valence-corrected chi connectivity index (χ1v) is 17.2. The molecule has 0 spiro atoms. The van der Waals surface area contributed by atoms with Crippen LogP contribution in [0.2, 0.25) is 0 Å². The molecule has 39 heavy (non-hydrogen) atoms. The second-order valence-electron chi connectivity index (χ2n) is 14.9. The fourth-order valence-electron chi connectivity index (χ4n) is 10.7. The van der Waals surface area contributed by atoms with E-state index in [1.807, 2.05) is 13.0 Å². The molecule has 0 aliphatic heterocycles. The van der Waals surface area contributed by atoms with Crippen molar-refractivity contribution in [1.82, 2.24) is 0 Å². The summed E-state index contributed by atoms with van der Waals surface area (Å²) in [5.41, 5.74) is 4.59. The smallest absolute Gasteiger partial charge is 0.0196 e. The lowest BCUT2D eigenvalue weighted by Gasteiger charge is -2.62. The summed E-state index contributed by atoms with van der Waals surface area (Å²) < 4.78 is 0. The predicted molar refractivity (Wildman–Crippen MR) is 171 cm³/mol. The number of terminal acetylenes is 1. The predicted octanol–water partition coefficient (Wildman–Crippen LogP) is 11.9. The highest BCUT2D eigenvalue weighted by Gasteiger charge is 2.58. The number of unbranched alkanes of at least 4 members (excludes halogenated alkanes) is 2. The van der Waals surface area contributed by atoms with E-state index >= 15 is 0 Å². The van der Waals surface area contributed by atoms with Crippen molar-refractivity contribution in [2.45, 2.75) is 151 Å². The van der Waals surface area contributed by atoms with Gasteiger partial charge in [0.25, 0.3) is 0 Å². The molecule has 4 aliphatic rings. The Hall–Kier alpha value is -1.22. The van der Waals surface area contributed by atoms with Crippen molar-refractivity contribution in [2.24, 2.45) is 45.8 Å². The minimum atomic E-state index is 0.531. The van der Waals surface area contributed by atoms with Crippen LogP contribution in [0.5, 0.6) is 0 Å². The highest BCUT2D eigenvalue weighted by molar-refractivity contribution is 5.35. The Morgan fingerprint density at radius 3 is 2.28 bits per heavy atom. The Labute approximate surface area is 244 Å². The molecule has 0 radical (unpaired) electrons. The van der Waals surface area contributed by atoms with E-state index in [0.29, 0.717) is 16.2 Å². The molecule has 0 aromatic carbocycles. The Morgan fingerprint density at radius 2 is 1.59 bits per heavy atom. The lowest BCUT2D eigenvalue weighted by molar-refractivity contribution is -0.119. The topological polar surface area (TPSA) is 0 Å². The standard InChI is InChI=1S/C39H62/c1-8-30(9-2)18-15-13-14-16-19-31(10-3)34-20-17-21-35-32-23-27-39(12-5)29-28-37(6,11-4)25-24-36(39)33(32)22-26-38(34,35)7/h1,9-10,15,18,32-36H,11-14,16-17,19-29H2,2-7H3/b18-15?,30-9-,31-10+/t32?,33?,34-,35?,36+,37-,38+,39+/m0/s1. The third-order valence-corrected chi connectivity index (χ3v) is 13.5. The van der Waals surface area contributed by atoms with E-state index in [1.54, 1.807) is 5.57 Å². The van der Waals surface area contributed by atoms with Crippen LogP contribution in [0.25, 0.3) is 0 Å². The van der Waals surface area contributed by atoms with Crippen molar-refractivity contribution in [3.8, 4) is 12.3 Å². The molecule has 0 N–H and O–H groups in total. The van der Waals surface area contributed by atoms with Gasteiger partial charge in [0, 0.05) is 5.57 Å². The molecule has 3 unspecified atom stereocenters. The number of allylic oxidation sites excluding steroid dienone is 6. The Morgan fingerprint density at radius 1 is 0.821 bits per heavy atom. The van der Waals surface area contributed by atoms with Crippen molar-refractivity contribution < 1.29 is 0 Å². The third kappa shape index (κ3) is 6.19. The molecule has 0 bridgehead atoms. The maximum absolute atomic E-state index is 5.56. The lowest BCUT2D eigenvalue weighted by Crippen LogP contribution is -2.54. The van der Waals surface area contributed by atoms with Gasteiger partial charge < -0.3 is 0 Å². The van der Waals surface area contributed by atoms with Gasteiger partial charge in [0.05, 0.1) is 0 Å². The first-order valence-electron chi connectivity index (χ1n) is 17.2. The van der Waals surface area contributed by atoms with E-state index in [-0.39, 0.29) is 0 Å². The van der Waals surface area contributed by atoms with Gasteiger partial charge in [0.15, 0.2) is 0 Å². The average Bonchev–Trinajstić information content (AvgIpc) is 3.11. The second-order valence-corrected chi connectivity index (χ2v) is 14.9. The molecule has 4 saturated carbocycles. The van der Waals surface area contributed by atoms with Gasteiger partial charge in [-0.1, -0.05) is 82.8 Å². The van der Waals surface area contributed by atoms with Gasteiger partial charge in [-0.3, -0.25) is 0 Å². The molecule has 0 heteroatoms. The van der Waals surface area contributed by atoms with Crippen LogP contribution in [-0.4, -0.2) is 0 Å². The van der Waals surface area contributed by atoms with E-state index in [0.717, 1.165) is 41.6 Å². The van der Waals surface area contributed by atoms with Crippen LogP contribution < -0.4 is 0 Å². The molecule has 0 saturated heterocycles. The second kappa shape index (κ2) is 13.2. The Bertz CT molecular complexity index is 940. The molecule has 218 valence electrons. The molecule has 4 aliphatic carbocycles. The van der Waals surface area contributed by atoms with Crippen LogP contribution >= 0.6 is 0 Å². The van der Waals surface area contributed by atoms with Gasteiger partial charge in [-0.2, -0.15) is 0 Å². The minimum absolute atomic E-state index is 0.531. The molecule has 0 nitrogen and oxygen atoms in total. The van der Waals surface area contributed by atoms with E-state index in [2.05, 4.69) is 58.8 Å². The van der Waals surface area contributed by atoms with E-state index in [4.69, 9.17) is 6.42 Å². The van der Waals surface area contributed by atoms with Crippen LogP contribution in [0.1, 0.15) is 151 Å². The largest absolute Gasteiger partial charge is 0.115 e. The zero-order chi connectivity index (χ0) is 28.1. The van der Waals surface area contributed by atoms with Gasteiger partial charge in [-0.05, 0) is 150 Å². The van der Waals surface area contributed by atoms with Gasteiger partial charge in [0.2, 0.25) is 0 Å². The summed E-state index contributed by atoms with van der Waals surface area (Å²) in [5, 5.41) is 0. The maximum Gasteiger partial charge on any atom is 0.0196 e. The number of rotatable bonds is 9. The summed E-state index contributed by atoms with van der Waals surface area (Å²) in [6.45, 7) is 14.7. The van der Waals surface area contributed by atoms with Crippen LogP contribution in [0.3, 0.4) is 0 Å². The zero-order valence-corrected chi connectivity index (χ0v) is 26.8. The fraction of sp³-hybridized carbons (Fsp3) is 0.795. The van der Waals surface area contributed by atoms with Gasteiger partial charge in [0.1, 0.15) is 0 Å². The molecule has 0 aromatic rings. The molecule has 0 heterocycles. The van der Waals surface area contributed by atoms with E-state index < -0.39 is 0 Å². The van der Waals surface area contributed by atoms with Gasteiger partial charge in [-0.25, -0.2) is 0 Å². The molecule has 4 rings (SSSR count). The SMILES string of the molecule is C#C/C(C=CCCCC/C(=C\C)[C@@H]1CCCC2C3CC[C@]4(CC)CC[C@@](C)(CC)CC[C@@H]4C3CC[C@@]21C)=C/C. The molecule has 0 amide bonds. The van der Waals surface area contributed by atoms with Crippen LogP contribution in [-0.2, 0) is 0 Å². The maximum atomic E-state index is 5.56. The van der Waals surface area contributed by atoms with E-state index in [1.165, 1.54) is 103 Å². The highest BCUT2D eigenvalue weighted by atomic mass is 14.6. The summed E-state index contributed by atoms with van der Waals surface area (Å²) in [6, 6.07) is 0. The minimum Gasteiger partial charge on any atom is -0.115 e. The van der Waals surface area contributed by atoms with Crippen LogP contribution in [0.4, 0.5) is 0 Å². The molecule has 8 atom stereocenters. The molecular weight excluding hydrogens is 468 g/mol. The third-order valence-electron chi connectivity index (χ3n) is 13.5. The van der Waals surface area contributed by atoms with Crippen molar-refractivity contribution >= 4 is 0 Å². The summed E-state index contributed by atoms with van der Waals surface area (Å²) in [6.07, 6.45) is 38.9. The molecule has 0 aromatic heterocycles. The highest BCUT2D eigenvalue weighted by Crippen LogP contribution is 2.67. The lowest BCUT2D eigenvalue weighted by atomic mass is 9.43. The normalized spacial score (nSPS) is 41.3. The molecular formula is C39H62. The summed E-state index contributed by atoms with van der Waals surface area (Å²) in [5.74, 6) is 7.57. The monoisotopic (exact) mass is 530 g/mol. The van der Waals surface area contributed by atoms with Gasteiger partial charge >= 0.3 is 0 Å². The van der Waals surface area contributed by atoms with Crippen molar-refractivity contribution in [3.05, 3.63) is 35.5 Å². The Balaban J connectivity index is 1.44. The van der Waals surface area contributed by atoms with Gasteiger partial charge in [-0.15, -0.1) is 6.42 Å². The van der Waals surface area contributed by atoms with Crippen LogP contribution in [0, 0.1) is 58.2 Å². The first-order chi connectivity index (χ1) is 18.8.